The molecule has 39 heavy (non-hydrogen) atoms. The molecule has 0 radical (unpaired) electrons. The smallest absolute Gasteiger partial charge is 0.332 e. The molecule has 208 valence electrons. The van der Waals surface area contributed by atoms with Crippen LogP contribution in [0.3, 0.4) is 0 Å². The van der Waals surface area contributed by atoms with Crippen LogP contribution in [0, 0.1) is 10.1 Å². The summed E-state index contributed by atoms with van der Waals surface area (Å²) in [6, 6.07) is 6.22. The highest BCUT2D eigenvalue weighted by Gasteiger charge is 2.22. The number of thiazole rings is 1. The number of aliphatic hydroxyl groups excluding tert-OH is 1. The van der Waals surface area contributed by atoms with E-state index in [4.69, 9.17) is 4.98 Å². The van der Waals surface area contributed by atoms with Gasteiger partial charge in [0.1, 0.15) is 5.82 Å². The first kappa shape index (κ1) is 28.3. The number of non-ortho nitro benzene ring substituents is 1. The topological polar surface area (TPSA) is 150 Å². The molecule has 0 saturated heterocycles. The number of aliphatic hydroxyl groups is 1. The van der Waals surface area contributed by atoms with Gasteiger partial charge in [-0.15, -0.1) is 11.3 Å². The second-order valence-electron chi connectivity index (χ2n) is 9.34. The largest absolute Gasteiger partial charge is 0.392 e. The van der Waals surface area contributed by atoms with Crippen molar-refractivity contribution in [1.82, 2.24) is 29.0 Å². The fourth-order valence-electron chi connectivity index (χ4n) is 4.45. The number of nitro groups is 1. The zero-order valence-electron chi connectivity index (χ0n) is 22.1. The van der Waals surface area contributed by atoms with Crippen molar-refractivity contribution in [3.8, 4) is 0 Å². The van der Waals surface area contributed by atoms with Gasteiger partial charge in [-0.1, -0.05) is 26.0 Å². The normalized spacial score (nSPS) is 12.3. The number of rotatable bonds is 14. The van der Waals surface area contributed by atoms with Gasteiger partial charge < -0.3 is 15.0 Å². The molecule has 0 bridgehead atoms. The van der Waals surface area contributed by atoms with Crippen molar-refractivity contribution in [3.63, 3.8) is 0 Å². The van der Waals surface area contributed by atoms with Crippen molar-refractivity contribution < 1.29 is 10.0 Å². The summed E-state index contributed by atoms with van der Waals surface area (Å²) in [6.07, 6.45) is 1.63. The van der Waals surface area contributed by atoms with E-state index in [2.05, 4.69) is 10.3 Å². The Labute approximate surface area is 228 Å². The van der Waals surface area contributed by atoms with Crippen LogP contribution in [0.1, 0.15) is 43.8 Å². The highest BCUT2D eigenvalue weighted by molar-refractivity contribution is 7.07. The maximum atomic E-state index is 13.6. The van der Waals surface area contributed by atoms with Crippen LogP contribution in [0.25, 0.3) is 11.2 Å². The van der Waals surface area contributed by atoms with Crippen molar-refractivity contribution >= 4 is 28.2 Å². The van der Waals surface area contributed by atoms with E-state index in [9.17, 15) is 24.8 Å². The Bertz CT molecular complexity index is 1520. The maximum absolute atomic E-state index is 13.6. The summed E-state index contributed by atoms with van der Waals surface area (Å²) < 4.78 is 4.65. The first-order chi connectivity index (χ1) is 18.8. The highest BCUT2D eigenvalue weighted by atomic mass is 32.1. The van der Waals surface area contributed by atoms with E-state index in [0.29, 0.717) is 62.3 Å². The fraction of sp³-hybridized carbons (Fsp3) is 0.462. The first-order valence-corrected chi connectivity index (χ1v) is 14.0. The van der Waals surface area contributed by atoms with Crippen molar-refractivity contribution in [2.24, 2.45) is 0 Å². The number of hydrogen-bond acceptors (Lipinski definition) is 9. The molecule has 0 aliphatic carbocycles. The molecule has 0 amide bonds. The highest BCUT2D eigenvalue weighted by Crippen LogP contribution is 2.17. The number of imidazole rings is 1. The summed E-state index contributed by atoms with van der Waals surface area (Å²) in [5.74, 6) is 0.628. The van der Waals surface area contributed by atoms with Crippen LogP contribution in [0.2, 0.25) is 0 Å². The predicted molar refractivity (Wildman–Crippen MR) is 149 cm³/mol. The summed E-state index contributed by atoms with van der Waals surface area (Å²) in [6.45, 7) is 5.71. The molecule has 4 rings (SSSR count). The van der Waals surface area contributed by atoms with Crippen LogP contribution in [-0.2, 0) is 32.5 Å². The molecular formula is C26H33N7O5S. The average Bonchev–Trinajstić information content (AvgIpc) is 3.57. The average molecular weight is 556 g/mol. The van der Waals surface area contributed by atoms with Crippen LogP contribution in [0.15, 0.2) is 44.7 Å². The van der Waals surface area contributed by atoms with Gasteiger partial charge in [-0.3, -0.25) is 24.0 Å². The minimum absolute atomic E-state index is 0.000271. The number of aryl methyl sites for hydroxylation is 2. The molecule has 12 nitrogen and oxygen atoms in total. The summed E-state index contributed by atoms with van der Waals surface area (Å²) in [5.41, 5.74) is 3.26. The Morgan fingerprint density at radius 3 is 2.51 bits per heavy atom. The SMILES string of the molecule is CCCn1c(=O)c2c(nc(Cc3cscn3)n2CCNCC(O)CC)n(CCc2ccc([N+](=O)[O-])cc2)c1=O. The van der Waals surface area contributed by atoms with Gasteiger partial charge in [-0.05, 0) is 24.8 Å². The van der Waals surface area contributed by atoms with E-state index in [1.165, 1.54) is 32.6 Å². The van der Waals surface area contributed by atoms with Crippen LogP contribution < -0.4 is 16.6 Å². The molecular weight excluding hydrogens is 522 g/mol. The van der Waals surface area contributed by atoms with Gasteiger partial charge in [0, 0.05) is 56.7 Å². The zero-order chi connectivity index (χ0) is 27.9. The molecule has 2 N–H and O–H groups in total. The minimum Gasteiger partial charge on any atom is -0.392 e. The second kappa shape index (κ2) is 12.9. The number of nitro benzene ring substituents is 1. The van der Waals surface area contributed by atoms with Gasteiger partial charge in [-0.25, -0.2) is 14.8 Å². The standard InChI is InChI=1S/C26H33N7O5S/c1-3-11-32-25(35)23-24(31(26(32)36)12-9-18-5-7-20(8-6-18)33(37)38)29-22(14-19-16-39-17-28-19)30(23)13-10-27-15-21(34)4-2/h5-8,16-17,21,27,34H,3-4,9-15H2,1-2H3. The first-order valence-electron chi connectivity index (χ1n) is 13.1. The molecule has 0 aliphatic heterocycles. The monoisotopic (exact) mass is 555 g/mol. The van der Waals surface area contributed by atoms with E-state index < -0.39 is 16.7 Å². The van der Waals surface area contributed by atoms with E-state index in [0.717, 1.165) is 11.3 Å². The van der Waals surface area contributed by atoms with Gasteiger partial charge in [0.2, 0.25) is 0 Å². The zero-order valence-corrected chi connectivity index (χ0v) is 22.9. The lowest BCUT2D eigenvalue weighted by Gasteiger charge is -2.14. The number of fused-ring (bicyclic) bond motifs is 1. The molecule has 13 heteroatoms. The van der Waals surface area contributed by atoms with E-state index in [1.54, 1.807) is 17.6 Å². The van der Waals surface area contributed by atoms with Crippen molar-refractivity contribution in [2.75, 3.05) is 13.1 Å². The van der Waals surface area contributed by atoms with Gasteiger partial charge in [-0.2, -0.15) is 0 Å². The lowest BCUT2D eigenvalue weighted by Crippen LogP contribution is -2.41. The third-order valence-corrected chi connectivity index (χ3v) is 7.23. The molecule has 3 aromatic heterocycles. The summed E-state index contributed by atoms with van der Waals surface area (Å²) >= 11 is 1.47. The van der Waals surface area contributed by atoms with Crippen LogP contribution in [0.5, 0.6) is 0 Å². The van der Waals surface area contributed by atoms with E-state index in [-0.39, 0.29) is 24.3 Å². The third kappa shape index (κ3) is 6.49. The minimum atomic E-state index is -0.453. The van der Waals surface area contributed by atoms with Gasteiger partial charge in [0.15, 0.2) is 11.2 Å². The molecule has 4 aromatic rings. The van der Waals surface area contributed by atoms with Crippen LogP contribution in [0.4, 0.5) is 5.69 Å². The molecule has 1 unspecified atom stereocenters. The summed E-state index contributed by atoms with van der Waals surface area (Å²) in [4.78, 5) is 46.9. The number of nitrogens with zero attached hydrogens (tertiary/aromatic N) is 6. The van der Waals surface area contributed by atoms with Crippen LogP contribution >= 0.6 is 11.3 Å². The Morgan fingerprint density at radius 2 is 1.87 bits per heavy atom. The van der Waals surface area contributed by atoms with Crippen molar-refractivity contribution in [2.45, 2.75) is 65.3 Å². The molecule has 0 aliphatic rings. The summed E-state index contributed by atoms with van der Waals surface area (Å²) in [7, 11) is 0. The molecule has 0 fully saturated rings. The Balaban J connectivity index is 1.76. The molecule has 0 spiro atoms. The predicted octanol–water partition coefficient (Wildman–Crippen LogP) is 2.33. The lowest BCUT2D eigenvalue weighted by molar-refractivity contribution is -0.384. The number of benzene rings is 1. The summed E-state index contributed by atoms with van der Waals surface area (Å²) in [5, 5.41) is 26.1. The third-order valence-electron chi connectivity index (χ3n) is 6.60. The van der Waals surface area contributed by atoms with Crippen molar-refractivity contribution in [3.05, 3.63) is 83.2 Å². The number of aromatic nitrogens is 5. The number of nitrogens with one attached hydrogen (secondary N) is 1. The lowest BCUT2D eigenvalue weighted by atomic mass is 10.1. The molecule has 3 heterocycles. The molecule has 1 aromatic carbocycles. The Kier molecular flexibility index (Phi) is 9.38. The van der Waals surface area contributed by atoms with Gasteiger partial charge in [0.25, 0.3) is 11.2 Å². The van der Waals surface area contributed by atoms with E-state index in [1.807, 2.05) is 23.8 Å². The van der Waals surface area contributed by atoms with Gasteiger partial charge in [0.05, 0.1) is 22.2 Å². The Morgan fingerprint density at radius 1 is 1.10 bits per heavy atom. The fourth-order valence-corrected chi connectivity index (χ4v) is 5.01. The van der Waals surface area contributed by atoms with Crippen LogP contribution in [-0.4, -0.2) is 52.9 Å². The van der Waals surface area contributed by atoms with Gasteiger partial charge >= 0.3 is 5.69 Å². The van der Waals surface area contributed by atoms with Crippen molar-refractivity contribution in [1.29, 1.82) is 0 Å². The second-order valence-corrected chi connectivity index (χ2v) is 10.1. The van der Waals surface area contributed by atoms with E-state index >= 15 is 0 Å². The maximum Gasteiger partial charge on any atom is 0.332 e. The quantitative estimate of drug-likeness (QED) is 0.137. The Hall–Kier alpha value is -3.68. The number of hydrogen-bond donors (Lipinski definition) is 2. The molecule has 1 atom stereocenters. The molecule has 0 saturated carbocycles.